The summed E-state index contributed by atoms with van der Waals surface area (Å²) < 4.78 is 29.8. The molecule has 30 heavy (non-hydrogen) atoms. The maximum atomic E-state index is 13.0. The van der Waals surface area contributed by atoms with Crippen molar-refractivity contribution >= 4 is 15.8 Å². The van der Waals surface area contributed by atoms with Crippen molar-refractivity contribution in [3.63, 3.8) is 0 Å². The van der Waals surface area contributed by atoms with E-state index >= 15 is 0 Å². The standard InChI is InChI=1S/C23H31N3O3S/c1-16-5-8-21(13-17(16)2)30(28,29)25-11-9-24(10-12-25)15-23(27)22-14-18(3)26(19(22)4)20-6-7-20/h5,8,13-14,20H,6-7,9-12,15H2,1-4H3. The molecule has 0 N–H and O–H groups in total. The fraction of sp³-hybridized carbons (Fsp3) is 0.522. The average molecular weight is 430 g/mol. The molecule has 2 aliphatic rings. The summed E-state index contributed by atoms with van der Waals surface area (Å²) >= 11 is 0. The van der Waals surface area contributed by atoms with Crippen LogP contribution in [0.15, 0.2) is 29.2 Å². The van der Waals surface area contributed by atoms with Gasteiger partial charge in [0.2, 0.25) is 10.0 Å². The van der Waals surface area contributed by atoms with Gasteiger partial charge in [-0.25, -0.2) is 8.42 Å². The van der Waals surface area contributed by atoms with Crippen molar-refractivity contribution in [2.24, 2.45) is 0 Å². The van der Waals surface area contributed by atoms with E-state index in [-0.39, 0.29) is 5.78 Å². The highest BCUT2D eigenvalue weighted by Gasteiger charge is 2.31. The van der Waals surface area contributed by atoms with Gasteiger partial charge in [-0.05, 0) is 69.9 Å². The maximum absolute atomic E-state index is 13.0. The molecule has 0 atom stereocenters. The van der Waals surface area contributed by atoms with Gasteiger partial charge in [0.15, 0.2) is 5.78 Å². The molecule has 1 aliphatic heterocycles. The van der Waals surface area contributed by atoms with Crippen molar-refractivity contribution in [3.8, 4) is 0 Å². The van der Waals surface area contributed by atoms with Crippen molar-refractivity contribution in [3.05, 3.63) is 52.3 Å². The number of aromatic nitrogens is 1. The minimum atomic E-state index is -3.50. The Morgan fingerprint density at radius 3 is 2.23 bits per heavy atom. The number of nitrogens with zero attached hydrogens (tertiary/aromatic N) is 3. The second kappa shape index (κ2) is 7.94. The van der Waals surface area contributed by atoms with Gasteiger partial charge in [0.05, 0.1) is 11.4 Å². The topological polar surface area (TPSA) is 62.6 Å². The van der Waals surface area contributed by atoms with Crippen LogP contribution in [0.1, 0.15) is 51.8 Å². The molecule has 1 aromatic carbocycles. The number of carbonyl (C=O) groups is 1. The SMILES string of the molecule is Cc1ccc(S(=O)(=O)N2CCN(CC(=O)c3cc(C)n(C4CC4)c3C)CC2)cc1C. The van der Waals surface area contributed by atoms with Crippen molar-refractivity contribution in [2.45, 2.75) is 51.5 Å². The van der Waals surface area contributed by atoms with Crippen LogP contribution in [0.2, 0.25) is 0 Å². The predicted octanol–water partition coefficient (Wildman–Crippen LogP) is 3.25. The summed E-state index contributed by atoms with van der Waals surface area (Å²) in [4.78, 5) is 15.3. The minimum Gasteiger partial charge on any atom is -0.345 e. The zero-order chi connectivity index (χ0) is 21.6. The Bertz CT molecular complexity index is 1080. The number of sulfonamides is 1. The second-order valence-electron chi connectivity index (χ2n) is 8.74. The Morgan fingerprint density at radius 2 is 1.63 bits per heavy atom. The summed E-state index contributed by atoms with van der Waals surface area (Å²) in [6, 6.07) is 7.86. The number of hydrogen-bond acceptors (Lipinski definition) is 4. The molecule has 4 rings (SSSR count). The summed E-state index contributed by atoms with van der Waals surface area (Å²) in [7, 11) is -3.50. The molecule has 1 aromatic heterocycles. The summed E-state index contributed by atoms with van der Waals surface area (Å²) in [6.07, 6.45) is 2.39. The number of rotatable bonds is 6. The lowest BCUT2D eigenvalue weighted by Gasteiger charge is -2.33. The van der Waals surface area contributed by atoms with Gasteiger partial charge >= 0.3 is 0 Å². The lowest BCUT2D eigenvalue weighted by Crippen LogP contribution is -2.49. The van der Waals surface area contributed by atoms with Crippen LogP contribution >= 0.6 is 0 Å². The van der Waals surface area contributed by atoms with Gasteiger partial charge in [-0.15, -0.1) is 0 Å². The summed E-state index contributed by atoms with van der Waals surface area (Å²) in [5, 5.41) is 0. The first-order chi connectivity index (χ1) is 14.2. The first kappa shape index (κ1) is 21.3. The first-order valence-electron chi connectivity index (χ1n) is 10.7. The molecule has 7 heteroatoms. The van der Waals surface area contributed by atoms with Crippen molar-refractivity contribution in [1.82, 2.24) is 13.8 Å². The number of ketones is 1. The number of piperazine rings is 1. The normalized spacial score (nSPS) is 18.7. The fourth-order valence-corrected chi connectivity index (χ4v) is 5.90. The second-order valence-corrected chi connectivity index (χ2v) is 10.7. The number of hydrogen-bond donors (Lipinski definition) is 0. The van der Waals surface area contributed by atoms with Crippen LogP contribution in [0, 0.1) is 27.7 Å². The van der Waals surface area contributed by atoms with Crippen LogP contribution in [0.25, 0.3) is 0 Å². The maximum Gasteiger partial charge on any atom is 0.243 e. The van der Waals surface area contributed by atoms with Crippen molar-refractivity contribution in [1.29, 1.82) is 0 Å². The van der Waals surface area contributed by atoms with E-state index in [2.05, 4.69) is 16.4 Å². The first-order valence-corrected chi connectivity index (χ1v) is 12.1. The van der Waals surface area contributed by atoms with E-state index < -0.39 is 10.0 Å². The summed E-state index contributed by atoms with van der Waals surface area (Å²) in [5.41, 5.74) is 5.09. The molecular weight excluding hydrogens is 398 g/mol. The lowest BCUT2D eigenvalue weighted by molar-refractivity contribution is 0.0901. The Labute approximate surface area is 179 Å². The van der Waals surface area contributed by atoms with E-state index in [4.69, 9.17) is 0 Å². The molecular formula is C23H31N3O3S. The quantitative estimate of drug-likeness (QED) is 0.662. The van der Waals surface area contributed by atoms with Crippen LogP contribution in [-0.4, -0.2) is 60.7 Å². The van der Waals surface area contributed by atoms with E-state index in [1.165, 1.54) is 17.1 Å². The molecule has 0 radical (unpaired) electrons. The fourth-order valence-electron chi connectivity index (χ4n) is 4.39. The van der Waals surface area contributed by atoms with E-state index in [0.717, 1.165) is 28.1 Å². The van der Waals surface area contributed by atoms with Crippen LogP contribution < -0.4 is 0 Å². The molecule has 1 saturated carbocycles. The Morgan fingerprint density at radius 1 is 0.967 bits per heavy atom. The Kier molecular flexibility index (Phi) is 5.64. The number of carbonyl (C=O) groups excluding carboxylic acids is 1. The van der Waals surface area contributed by atoms with E-state index in [0.29, 0.717) is 43.7 Å². The molecule has 2 fully saturated rings. The summed E-state index contributed by atoms with van der Waals surface area (Å²) in [5.74, 6) is 0.125. The highest BCUT2D eigenvalue weighted by molar-refractivity contribution is 7.89. The molecule has 0 bridgehead atoms. The number of aryl methyl sites for hydroxylation is 3. The highest BCUT2D eigenvalue weighted by atomic mass is 32.2. The number of benzene rings is 1. The van der Waals surface area contributed by atoms with E-state index in [1.54, 1.807) is 12.1 Å². The molecule has 0 spiro atoms. The zero-order valence-electron chi connectivity index (χ0n) is 18.3. The molecule has 1 aliphatic carbocycles. The smallest absolute Gasteiger partial charge is 0.243 e. The average Bonchev–Trinajstić information content (AvgIpc) is 3.48. The minimum absolute atomic E-state index is 0.125. The van der Waals surface area contributed by atoms with Crippen LogP contribution in [0.4, 0.5) is 0 Å². The molecule has 0 unspecified atom stereocenters. The third kappa shape index (κ3) is 3.98. The lowest BCUT2D eigenvalue weighted by atomic mass is 10.1. The number of Topliss-reactive ketones (excluding diaryl/α,β-unsaturated/α-hetero) is 1. The van der Waals surface area contributed by atoms with Gasteiger partial charge in [0.25, 0.3) is 0 Å². The van der Waals surface area contributed by atoms with Crippen LogP contribution in [0.5, 0.6) is 0 Å². The van der Waals surface area contributed by atoms with Crippen LogP contribution in [0.3, 0.4) is 0 Å². The molecule has 1 saturated heterocycles. The van der Waals surface area contributed by atoms with Crippen LogP contribution in [-0.2, 0) is 10.0 Å². The van der Waals surface area contributed by atoms with Gasteiger partial charge in [-0.3, -0.25) is 9.69 Å². The molecule has 6 nitrogen and oxygen atoms in total. The predicted molar refractivity (Wildman–Crippen MR) is 118 cm³/mol. The van der Waals surface area contributed by atoms with Gasteiger partial charge in [-0.1, -0.05) is 6.07 Å². The Hall–Kier alpha value is -1.96. The zero-order valence-corrected chi connectivity index (χ0v) is 19.1. The monoisotopic (exact) mass is 429 g/mol. The third-order valence-electron chi connectivity index (χ3n) is 6.51. The van der Waals surface area contributed by atoms with Gasteiger partial charge in [-0.2, -0.15) is 4.31 Å². The molecule has 2 heterocycles. The van der Waals surface area contributed by atoms with Gasteiger partial charge in [0, 0.05) is 49.2 Å². The highest BCUT2D eigenvalue weighted by Crippen LogP contribution is 2.38. The van der Waals surface area contributed by atoms with Gasteiger partial charge < -0.3 is 4.57 Å². The third-order valence-corrected chi connectivity index (χ3v) is 8.41. The van der Waals surface area contributed by atoms with Gasteiger partial charge in [0.1, 0.15) is 0 Å². The van der Waals surface area contributed by atoms with Crippen molar-refractivity contribution < 1.29 is 13.2 Å². The van der Waals surface area contributed by atoms with E-state index in [9.17, 15) is 13.2 Å². The molecule has 162 valence electrons. The molecule has 0 amide bonds. The Balaban J connectivity index is 1.39. The van der Waals surface area contributed by atoms with Crippen molar-refractivity contribution in [2.75, 3.05) is 32.7 Å². The largest absolute Gasteiger partial charge is 0.345 e. The van der Waals surface area contributed by atoms with E-state index in [1.807, 2.05) is 32.9 Å². The summed E-state index contributed by atoms with van der Waals surface area (Å²) in [6.45, 7) is 10.3. The molecule has 2 aromatic rings.